The number of hydrogen-bond acceptors (Lipinski definition) is 3. The minimum atomic E-state index is -0.325. The molecule has 1 aromatic rings. The van der Waals surface area contributed by atoms with Crippen LogP contribution in [-0.2, 0) is 9.47 Å². The average Bonchev–Trinajstić information content (AvgIpc) is 2.70. The summed E-state index contributed by atoms with van der Waals surface area (Å²) in [7, 11) is 5.69. The second kappa shape index (κ2) is 5.36. The van der Waals surface area contributed by atoms with Crippen LogP contribution in [0.3, 0.4) is 0 Å². The number of benzene rings is 1. The zero-order valence-corrected chi connectivity index (χ0v) is 9.84. The number of carbonyl (C=O) groups excluding carboxylic acids is 1. The Morgan fingerprint density at radius 2 is 2.18 bits per heavy atom. The molecule has 3 nitrogen and oxygen atoms in total. The van der Waals surface area contributed by atoms with Crippen LogP contribution in [0, 0.1) is 0 Å². The van der Waals surface area contributed by atoms with Crippen LogP contribution in [-0.4, -0.2) is 32.0 Å². The smallest absolute Gasteiger partial charge is 0.338 e. The number of rotatable bonds is 3. The second-order valence-corrected chi connectivity index (χ2v) is 4.17. The minimum Gasteiger partial charge on any atom is -0.456 e. The summed E-state index contributed by atoms with van der Waals surface area (Å²) < 4.78 is 10.9. The maximum atomic E-state index is 11.9. The predicted molar refractivity (Wildman–Crippen MR) is 65.0 cm³/mol. The van der Waals surface area contributed by atoms with E-state index in [1.165, 1.54) is 0 Å². The molecule has 1 heterocycles. The van der Waals surface area contributed by atoms with Gasteiger partial charge in [-0.3, -0.25) is 0 Å². The molecule has 1 aliphatic rings. The molecule has 1 aliphatic heterocycles. The summed E-state index contributed by atoms with van der Waals surface area (Å²) in [6.07, 6.45) is 1.04. The van der Waals surface area contributed by atoms with E-state index in [2.05, 4.69) is 0 Å². The van der Waals surface area contributed by atoms with E-state index in [4.69, 9.17) is 17.3 Å². The van der Waals surface area contributed by atoms with E-state index in [0.29, 0.717) is 12.0 Å². The van der Waals surface area contributed by atoms with Crippen LogP contribution in [0.25, 0.3) is 0 Å². The molecule has 0 aromatic heterocycles. The van der Waals surface area contributed by atoms with Crippen LogP contribution in [0.4, 0.5) is 0 Å². The largest absolute Gasteiger partial charge is 0.456 e. The normalized spacial score (nSPS) is 27.9. The number of carbonyl (C=O) groups is 1. The zero-order valence-electron chi connectivity index (χ0n) is 9.84. The molecule has 0 bridgehead atoms. The lowest BCUT2D eigenvalue weighted by Gasteiger charge is -2.17. The predicted octanol–water partition coefficient (Wildman–Crippen LogP) is 1.91. The molecule has 1 aromatic carbocycles. The quantitative estimate of drug-likeness (QED) is 0.587. The molecule has 0 amide bonds. The number of esters is 1. The Labute approximate surface area is 103 Å². The molecule has 2 radical (unpaired) electrons. The van der Waals surface area contributed by atoms with E-state index in [0.717, 1.165) is 6.42 Å². The molecule has 0 spiro atoms. The second-order valence-electron chi connectivity index (χ2n) is 4.17. The van der Waals surface area contributed by atoms with Crippen LogP contribution in [0.15, 0.2) is 30.3 Å². The lowest BCUT2D eigenvalue weighted by atomic mass is 9.96. The molecule has 4 heteroatoms. The lowest BCUT2D eigenvalue weighted by molar-refractivity contribution is -0.00353. The number of hydrogen-bond donors (Lipinski definition) is 0. The Hall–Kier alpha value is -1.29. The van der Waals surface area contributed by atoms with Gasteiger partial charge in [-0.05, 0) is 18.6 Å². The lowest BCUT2D eigenvalue weighted by Crippen LogP contribution is -2.26. The van der Waals surface area contributed by atoms with Gasteiger partial charge in [-0.1, -0.05) is 25.1 Å². The molecule has 1 saturated heterocycles. The Balaban J connectivity index is 1.99. The van der Waals surface area contributed by atoms with Gasteiger partial charge < -0.3 is 9.47 Å². The number of ether oxygens (including phenoxy) is 2. The zero-order chi connectivity index (χ0) is 12.3. The highest BCUT2D eigenvalue weighted by atomic mass is 16.6. The van der Waals surface area contributed by atoms with Gasteiger partial charge in [-0.15, -0.1) is 0 Å². The molecular weight excluding hydrogens is 215 g/mol. The maximum Gasteiger partial charge on any atom is 0.338 e. The highest BCUT2D eigenvalue weighted by molar-refractivity contribution is 6.11. The van der Waals surface area contributed by atoms with Crippen molar-refractivity contribution in [1.29, 1.82) is 0 Å². The summed E-state index contributed by atoms with van der Waals surface area (Å²) in [6, 6.07) is 8.63. The standard InChI is InChI=1S/C13H15BO3/c1-2-10-11(8-12(14)16-10)17-13(15)9-6-4-3-5-7-9/h3-7,10-12H,2,8H2,1H3. The van der Waals surface area contributed by atoms with Gasteiger partial charge in [0.15, 0.2) is 0 Å². The summed E-state index contributed by atoms with van der Waals surface area (Å²) in [4.78, 5) is 11.9. The maximum absolute atomic E-state index is 11.9. The molecule has 0 N–H and O–H groups in total. The van der Waals surface area contributed by atoms with Crippen molar-refractivity contribution in [2.75, 3.05) is 0 Å². The van der Waals surface area contributed by atoms with Gasteiger partial charge in [0.2, 0.25) is 0 Å². The summed E-state index contributed by atoms with van der Waals surface area (Å²) >= 11 is 0. The third-order valence-corrected chi connectivity index (χ3v) is 2.90. The van der Waals surface area contributed by atoms with E-state index in [1.54, 1.807) is 12.1 Å². The SMILES string of the molecule is [B]C1CC(OC(=O)c2ccccc2)C(CC)O1. The molecule has 0 aliphatic carbocycles. The highest BCUT2D eigenvalue weighted by Gasteiger charge is 2.34. The van der Waals surface area contributed by atoms with Crippen LogP contribution in [0.1, 0.15) is 30.1 Å². The van der Waals surface area contributed by atoms with E-state index in [9.17, 15) is 4.79 Å². The van der Waals surface area contributed by atoms with Crippen molar-refractivity contribution >= 4 is 13.8 Å². The topological polar surface area (TPSA) is 35.5 Å². The van der Waals surface area contributed by atoms with Crippen molar-refractivity contribution in [3.63, 3.8) is 0 Å². The summed E-state index contributed by atoms with van der Waals surface area (Å²) in [6.45, 7) is 1.99. The molecule has 2 rings (SSSR count). The minimum absolute atomic E-state index is 0.0855. The van der Waals surface area contributed by atoms with Gasteiger partial charge in [-0.25, -0.2) is 4.79 Å². The van der Waals surface area contributed by atoms with Crippen molar-refractivity contribution in [3.05, 3.63) is 35.9 Å². The van der Waals surface area contributed by atoms with Gasteiger partial charge >= 0.3 is 5.97 Å². The fourth-order valence-corrected chi connectivity index (χ4v) is 2.01. The molecular formula is C13H15BO3. The van der Waals surface area contributed by atoms with Crippen molar-refractivity contribution in [2.24, 2.45) is 0 Å². The highest BCUT2D eigenvalue weighted by Crippen LogP contribution is 2.24. The van der Waals surface area contributed by atoms with Crippen LogP contribution < -0.4 is 0 Å². The first-order chi connectivity index (χ1) is 8.20. The third-order valence-electron chi connectivity index (χ3n) is 2.90. The van der Waals surface area contributed by atoms with Crippen molar-refractivity contribution in [2.45, 2.75) is 38.0 Å². The Kier molecular flexibility index (Phi) is 3.84. The Morgan fingerprint density at radius 1 is 1.47 bits per heavy atom. The third kappa shape index (κ3) is 2.89. The summed E-state index contributed by atoms with van der Waals surface area (Å²) in [5.74, 6) is -0.313. The van der Waals surface area contributed by atoms with Crippen molar-refractivity contribution in [1.82, 2.24) is 0 Å². The van der Waals surface area contributed by atoms with E-state index >= 15 is 0 Å². The summed E-state index contributed by atoms with van der Waals surface area (Å²) in [5.41, 5.74) is 0.558. The van der Waals surface area contributed by atoms with Crippen molar-refractivity contribution in [3.8, 4) is 0 Å². The van der Waals surface area contributed by atoms with Gasteiger partial charge in [0, 0.05) is 12.4 Å². The van der Waals surface area contributed by atoms with Crippen LogP contribution in [0.5, 0.6) is 0 Å². The fraction of sp³-hybridized carbons (Fsp3) is 0.462. The van der Waals surface area contributed by atoms with Crippen LogP contribution >= 0.6 is 0 Å². The Morgan fingerprint density at radius 3 is 2.82 bits per heavy atom. The van der Waals surface area contributed by atoms with Gasteiger partial charge in [0.05, 0.1) is 11.7 Å². The molecule has 88 valence electrons. The first kappa shape index (κ1) is 12.2. The molecule has 1 fully saturated rings. The molecule has 3 atom stereocenters. The van der Waals surface area contributed by atoms with E-state index in [1.807, 2.05) is 25.1 Å². The molecule has 17 heavy (non-hydrogen) atoms. The first-order valence-corrected chi connectivity index (χ1v) is 5.87. The average molecular weight is 230 g/mol. The van der Waals surface area contributed by atoms with Gasteiger partial charge in [0.25, 0.3) is 0 Å². The molecule has 3 unspecified atom stereocenters. The van der Waals surface area contributed by atoms with Crippen molar-refractivity contribution < 1.29 is 14.3 Å². The van der Waals surface area contributed by atoms with Gasteiger partial charge in [0.1, 0.15) is 14.0 Å². The van der Waals surface area contributed by atoms with Crippen LogP contribution in [0.2, 0.25) is 0 Å². The van der Waals surface area contributed by atoms with Gasteiger partial charge in [-0.2, -0.15) is 0 Å². The van der Waals surface area contributed by atoms with E-state index < -0.39 is 0 Å². The van der Waals surface area contributed by atoms with E-state index in [-0.39, 0.29) is 24.2 Å². The molecule has 0 saturated carbocycles. The Bertz CT molecular complexity index is 380. The fourth-order valence-electron chi connectivity index (χ4n) is 2.01. The monoisotopic (exact) mass is 230 g/mol. The first-order valence-electron chi connectivity index (χ1n) is 5.87. The summed E-state index contributed by atoms with van der Waals surface area (Å²) in [5, 5.41) is 0.